The lowest BCUT2D eigenvalue weighted by Crippen LogP contribution is -2.46. The molecule has 0 bridgehead atoms. The Morgan fingerprint density at radius 2 is 1.35 bits per heavy atom. The van der Waals surface area contributed by atoms with Crippen molar-refractivity contribution in [3.05, 3.63) is 108 Å². The van der Waals surface area contributed by atoms with Crippen LogP contribution in [0.3, 0.4) is 0 Å². The monoisotopic (exact) mass is 413 g/mol. The molecule has 0 unspecified atom stereocenters. The van der Waals surface area contributed by atoms with E-state index in [4.69, 9.17) is 0 Å². The van der Waals surface area contributed by atoms with Crippen molar-refractivity contribution in [2.45, 2.75) is 18.5 Å². The van der Waals surface area contributed by atoms with Crippen molar-refractivity contribution in [2.75, 3.05) is 6.54 Å². The third-order valence-corrected chi connectivity index (χ3v) is 5.50. The largest absolute Gasteiger partial charge is 0.348 e. The lowest BCUT2D eigenvalue weighted by molar-refractivity contribution is -0.134. The summed E-state index contributed by atoms with van der Waals surface area (Å²) in [4.78, 5) is 40.1. The summed E-state index contributed by atoms with van der Waals surface area (Å²) >= 11 is 0. The lowest BCUT2D eigenvalue weighted by atomic mass is 9.82. The molecule has 1 fully saturated rings. The van der Waals surface area contributed by atoms with Crippen molar-refractivity contribution in [3.63, 3.8) is 0 Å². The van der Waals surface area contributed by atoms with Crippen LogP contribution in [0.2, 0.25) is 0 Å². The third-order valence-electron chi connectivity index (χ3n) is 5.50. The van der Waals surface area contributed by atoms with E-state index in [0.717, 1.165) is 10.5 Å². The number of urea groups is 1. The molecule has 2 N–H and O–H groups in total. The first kappa shape index (κ1) is 20.3. The zero-order valence-electron chi connectivity index (χ0n) is 17.1. The van der Waals surface area contributed by atoms with Crippen LogP contribution in [0.4, 0.5) is 4.79 Å². The zero-order valence-corrected chi connectivity index (χ0v) is 17.1. The topological polar surface area (TPSA) is 78.5 Å². The molecule has 1 saturated heterocycles. The summed E-state index contributed by atoms with van der Waals surface area (Å²) < 4.78 is 0. The SMILES string of the molecule is C[C@@H](NC(=O)CN1C(=O)NC(c2ccccc2)(c2ccccc2)C1=O)c1ccccc1. The van der Waals surface area contributed by atoms with Gasteiger partial charge >= 0.3 is 6.03 Å². The number of carbonyl (C=O) groups excluding carboxylic acids is 3. The molecule has 0 radical (unpaired) electrons. The van der Waals surface area contributed by atoms with E-state index in [1.807, 2.05) is 73.7 Å². The van der Waals surface area contributed by atoms with Gasteiger partial charge in [-0.3, -0.25) is 14.5 Å². The molecule has 0 spiro atoms. The Morgan fingerprint density at radius 1 is 0.871 bits per heavy atom. The van der Waals surface area contributed by atoms with Crippen molar-refractivity contribution >= 4 is 17.8 Å². The number of hydrogen-bond donors (Lipinski definition) is 2. The van der Waals surface area contributed by atoms with Crippen LogP contribution in [0.15, 0.2) is 91.0 Å². The van der Waals surface area contributed by atoms with Gasteiger partial charge in [-0.25, -0.2) is 4.79 Å². The quantitative estimate of drug-likeness (QED) is 0.609. The fourth-order valence-corrected chi connectivity index (χ4v) is 3.91. The number of nitrogens with zero attached hydrogens (tertiary/aromatic N) is 1. The molecule has 31 heavy (non-hydrogen) atoms. The highest BCUT2D eigenvalue weighted by atomic mass is 16.2. The normalized spacial score (nSPS) is 16.0. The van der Waals surface area contributed by atoms with Crippen LogP contribution in [0.25, 0.3) is 0 Å². The standard InChI is InChI=1S/C25H23N3O3/c1-18(19-11-5-2-6-12-19)26-22(29)17-28-23(30)25(27-24(28)31,20-13-7-3-8-14-20)21-15-9-4-10-16-21/h2-16,18H,17H2,1H3,(H,26,29)(H,27,31)/t18-/m1/s1. The van der Waals surface area contributed by atoms with E-state index >= 15 is 0 Å². The van der Waals surface area contributed by atoms with Gasteiger partial charge in [0.05, 0.1) is 6.04 Å². The van der Waals surface area contributed by atoms with Crippen LogP contribution in [-0.4, -0.2) is 29.3 Å². The van der Waals surface area contributed by atoms with Crippen molar-refractivity contribution in [2.24, 2.45) is 0 Å². The predicted molar refractivity (Wildman–Crippen MR) is 117 cm³/mol. The maximum Gasteiger partial charge on any atom is 0.326 e. The second-order valence-electron chi connectivity index (χ2n) is 7.50. The van der Waals surface area contributed by atoms with Gasteiger partial charge in [0.2, 0.25) is 5.91 Å². The molecular weight excluding hydrogens is 390 g/mol. The molecule has 3 aromatic carbocycles. The summed E-state index contributed by atoms with van der Waals surface area (Å²) in [6, 6.07) is 26.8. The van der Waals surface area contributed by atoms with Crippen LogP contribution >= 0.6 is 0 Å². The summed E-state index contributed by atoms with van der Waals surface area (Å²) in [6.45, 7) is 1.50. The summed E-state index contributed by atoms with van der Waals surface area (Å²) in [5, 5.41) is 5.71. The number of benzene rings is 3. The highest BCUT2D eigenvalue weighted by molar-refractivity contribution is 6.11. The maximum absolute atomic E-state index is 13.6. The molecule has 1 aliphatic rings. The second kappa shape index (κ2) is 8.44. The van der Waals surface area contributed by atoms with Gasteiger partial charge in [-0.15, -0.1) is 0 Å². The lowest BCUT2D eigenvalue weighted by Gasteiger charge is -2.28. The molecule has 0 aromatic heterocycles. The molecule has 0 aliphatic carbocycles. The minimum atomic E-state index is -1.37. The van der Waals surface area contributed by atoms with Gasteiger partial charge in [-0.1, -0.05) is 91.0 Å². The van der Waals surface area contributed by atoms with Gasteiger partial charge < -0.3 is 10.6 Å². The van der Waals surface area contributed by atoms with E-state index in [-0.39, 0.29) is 12.6 Å². The van der Waals surface area contributed by atoms with Crippen LogP contribution in [0, 0.1) is 0 Å². The van der Waals surface area contributed by atoms with Gasteiger partial charge in [0.1, 0.15) is 6.54 Å². The average molecular weight is 413 g/mol. The molecule has 1 aliphatic heterocycles. The summed E-state index contributed by atoms with van der Waals surface area (Å²) in [5.41, 5.74) is 0.849. The third kappa shape index (κ3) is 3.80. The first-order valence-corrected chi connectivity index (χ1v) is 10.1. The molecule has 6 heteroatoms. The predicted octanol–water partition coefficient (Wildman–Crippen LogP) is 3.36. The number of carbonyl (C=O) groups is 3. The Morgan fingerprint density at radius 3 is 1.87 bits per heavy atom. The Kier molecular flexibility index (Phi) is 5.54. The first-order valence-electron chi connectivity index (χ1n) is 10.1. The van der Waals surface area contributed by atoms with Gasteiger partial charge in [0, 0.05) is 0 Å². The zero-order chi connectivity index (χ0) is 21.8. The molecule has 156 valence electrons. The van der Waals surface area contributed by atoms with Crippen LogP contribution in [0.5, 0.6) is 0 Å². The number of imide groups is 1. The molecule has 6 nitrogen and oxygen atoms in total. The smallest absolute Gasteiger partial charge is 0.326 e. The summed E-state index contributed by atoms with van der Waals surface area (Å²) in [5.74, 6) is -0.880. The van der Waals surface area contributed by atoms with Gasteiger partial charge in [0.25, 0.3) is 5.91 Å². The Labute approximate surface area is 180 Å². The second-order valence-corrected chi connectivity index (χ2v) is 7.50. The highest BCUT2D eigenvalue weighted by Gasteiger charge is 2.54. The van der Waals surface area contributed by atoms with Crippen molar-refractivity contribution in [1.29, 1.82) is 0 Å². The van der Waals surface area contributed by atoms with Gasteiger partial charge in [-0.05, 0) is 23.6 Å². The molecule has 1 atom stereocenters. The minimum absolute atomic E-state index is 0.248. The Balaban J connectivity index is 1.60. The Hall–Kier alpha value is -3.93. The number of rotatable bonds is 6. The Bertz CT molecular complexity index is 1050. The number of hydrogen-bond acceptors (Lipinski definition) is 3. The van der Waals surface area contributed by atoms with Crippen LogP contribution in [-0.2, 0) is 15.1 Å². The fourth-order valence-electron chi connectivity index (χ4n) is 3.91. The van der Waals surface area contributed by atoms with Crippen LogP contribution in [0.1, 0.15) is 29.7 Å². The van der Waals surface area contributed by atoms with E-state index in [9.17, 15) is 14.4 Å². The molecule has 0 saturated carbocycles. The van der Waals surface area contributed by atoms with Crippen molar-refractivity contribution < 1.29 is 14.4 Å². The molecule has 1 heterocycles. The number of nitrogens with one attached hydrogen (secondary N) is 2. The van der Waals surface area contributed by atoms with Gasteiger partial charge in [0.15, 0.2) is 5.54 Å². The maximum atomic E-state index is 13.6. The van der Waals surface area contributed by atoms with Crippen molar-refractivity contribution in [3.8, 4) is 0 Å². The molecule has 4 rings (SSSR count). The van der Waals surface area contributed by atoms with Crippen molar-refractivity contribution in [1.82, 2.24) is 15.5 Å². The summed E-state index contributed by atoms with van der Waals surface area (Å²) in [6.07, 6.45) is 0. The van der Waals surface area contributed by atoms with Crippen LogP contribution < -0.4 is 10.6 Å². The molecule has 3 aromatic rings. The van der Waals surface area contributed by atoms with E-state index in [1.165, 1.54) is 0 Å². The minimum Gasteiger partial charge on any atom is -0.348 e. The molecule has 4 amide bonds. The van der Waals surface area contributed by atoms with E-state index < -0.39 is 23.4 Å². The average Bonchev–Trinajstić information content (AvgIpc) is 3.06. The number of amides is 4. The summed E-state index contributed by atoms with van der Waals surface area (Å²) in [7, 11) is 0. The van der Waals surface area contributed by atoms with E-state index in [1.54, 1.807) is 24.3 Å². The van der Waals surface area contributed by atoms with E-state index in [0.29, 0.717) is 11.1 Å². The highest BCUT2D eigenvalue weighted by Crippen LogP contribution is 2.35. The first-order chi connectivity index (χ1) is 15.0. The fraction of sp³-hybridized carbons (Fsp3) is 0.160. The van der Waals surface area contributed by atoms with E-state index in [2.05, 4.69) is 10.6 Å². The molecular formula is C25H23N3O3. The van der Waals surface area contributed by atoms with Gasteiger partial charge in [-0.2, -0.15) is 0 Å².